The third-order valence-electron chi connectivity index (χ3n) is 5.77. The molecule has 0 aromatic heterocycles. The summed E-state index contributed by atoms with van der Waals surface area (Å²) in [4.78, 5) is 11.3. The van der Waals surface area contributed by atoms with Crippen LogP contribution in [0.4, 0.5) is 0 Å². The maximum absolute atomic E-state index is 11.3. The van der Waals surface area contributed by atoms with Crippen molar-refractivity contribution in [3.05, 3.63) is 60.7 Å². The predicted molar refractivity (Wildman–Crippen MR) is 119 cm³/mol. The van der Waals surface area contributed by atoms with E-state index in [0.29, 0.717) is 0 Å². The summed E-state index contributed by atoms with van der Waals surface area (Å²) in [6.45, 7) is 6.74. The van der Waals surface area contributed by atoms with E-state index in [1.807, 2.05) is 12.1 Å². The molecule has 0 aliphatic heterocycles. The van der Waals surface area contributed by atoms with Crippen LogP contribution in [-0.4, -0.2) is 51.4 Å². The number of ether oxygens (including phenoxy) is 2. The standard InChI is InChI=1S/C24H32O5Si/c1-24(2,3)30(20-11-7-5-8-12-20,21-13-9-6-10-14-21)29-19-15-18(16-19)28-17-22(25)23(26)27-4/h5-14,18-19,22,25H,15-17H2,1-4H3/t18?,19?,22-/m0/s1. The van der Waals surface area contributed by atoms with Gasteiger partial charge in [0.25, 0.3) is 8.32 Å². The lowest BCUT2D eigenvalue weighted by Crippen LogP contribution is -2.68. The molecule has 30 heavy (non-hydrogen) atoms. The number of hydrogen-bond acceptors (Lipinski definition) is 5. The van der Waals surface area contributed by atoms with Gasteiger partial charge in [0.1, 0.15) is 0 Å². The molecule has 1 aliphatic rings. The first kappa shape index (κ1) is 22.7. The summed E-state index contributed by atoms with van der Waals surface area (Å²) in [5, 5.41) is 12.2. The van der Waals surface area contributed by atoms with Crippen molar-refractivity contribution in [1.29, 1.82) is 0 Å². The molecular formula is C24H32O5Si. The van der Waals surface area contributed by atoms with E-state index >= 15 is 0 Å². The highest BCUT2D eigenvalue weighted by Gasteiger charge is 2.52. The lowest BCUT2D eigenvalue weighted by molar-refractivity contribution is -0.157. The second-order valence-corrected chi connectivity index (χ2v) is 13.1. The molecule has 0 amide bonds. The van der Waals surface area contributed by atoms with Gasteiger partial charge < -0.3 is 19.0 Å². The van der Waals surface area contributed by atoms with E-state index < -0.39 is 20.4 Å². The van der Waals surface area contributed by atoms with Crippen LogP contribution in [0.25, 0.3) is 0 Å². The topological polar surface area (TPSA) is 65.0 Å². The van der Waals surface area contributed by atoms with E-state index in [1.165, 1.54) is 17.5 Å². The lowest BCUT2D eigenvalue weighted by atomic mass is 9.92. The zero-order chi connectivity index (χ0) is 21.8. The first-order chi connectivity index (χ1) is 14.3. The minimum absolute atomic E-state index is 0.0208. The van der Waals surface area contributed by atoms with Gasteiger partial charge in [0, 0.05) is 0 Å². The molecule has 1 fully saturated rings. The van der Waals surface area contributed by atoms with Gasteiger partial charge in [-0.15, -0.1) is 0 Å². The summed E-state index contributed by atoms with van der Waals surface area (Å²) < 4.78 is 17.2. The summed E-state index contributed by atoms with van der Waals surface area (Å²) in [7, 11) is -1.31. The summed E-state index contributed by atoms with van der Waals surface area (Å²) in [6.07, 6.45) is 0.312. The van der Waals surface area contributed by atoms with Crippen LogP contribution in [0.1, 0.15) is 33.6 Å². The number of rotatable bonds is 8. The number of esters is 1. The minimum Gasteiger partial charge on any atom is -0.467 e. The van der Waals surface area contributed by atoms with Gasteiger partial charge in [-0.3, -0.25) is 0 Å². The number of methoxy groups -OCH3 is 1. The Labute approximate surface area is 180 Å². The van der Waals surface area contributed by atoms with Gasteiger partial charge in [-0.2, -0.15) is 0 Å². The second-order valence-electron chi connectivity index (χ2n) is 8.87. The maximum Gasteiger partial charge on any atom is 0.337 e. The Bertz CT molecular complexity index is 773. The number of carbonyl (C=O) groups excluding carboxylic acids is 1. The smallest absolute Gasteiger partial charge is 0.337 e. The van der Waals surface area contributed by atoms with Crippen molar-refractivity contribution in [3.8, 4) is 0 Å². The summed E-state index contributed by atoms with van der Waals surface area (Å²) in [5.41, 5.74) is 0. The van der Waals surface area contributed by atoms with Gasteiger partial charge in [0.15, 0.2) is 6.10 Å². The molecule has 1 N–H and O–H groups in total. The molecule has 0 heterocycles. The average molecular weight is 429 g/mol. The molecule has 0 radical (unpaired) electrons. The second kappa shape index (κ2) is 9.43. The van der Waals surface area contributed by atoms with Crippen LogP contribution in [-0.2, 0) is 18.7 Å². The van der Waals surface area contributed by atoms with E-state index in [-0.39, 0.29) is 23.9 Å². The van der Waals surface area contributed by atoms with Gasteiger partial charge in [-0.1, -0.05) is 81.4 Å². The highest BCUT2D eigenvalue weighted by molar-refractivity contribution is 6.99. The zero-order valence-electron chi connectivity index (χ0n) is 18.2. The van der Waals surface area contributed by atoms with Crippen molar-refractivity contribution < 1.29 is 23.8 Å². The van der Waals surface area contributed by atoms with Crippen molar-refractivity contribution in [2.75, 3.05) is 13.7 Å². The molecule has 0 bridgehead atoms. The van der Waals surface area contributed by atoms with Crippen molar-refractivity contribution in [1.82, 2.24) is 0 Å². The molecule has 0 saturated heterocycles. The van der Waals surface area contributed by atoms with Crippen molar-refractivity contribution >= 4 is 24.7 Å². The van der Waals surface area contributed by atoms with Crippen LogP contribution >= 0.6 is 0 Å². The van der Waals surface area contributed by atoms with Crippen LogP contribution < -0.4 is 10.4 Å². The molecule has 0 unspecified atom stereocenters. The Morgan fingerprint density at radius 1 is 1.00 bits per heavy atom. The van der Waals surface area contributed by atoms with Gasteiger partial charge in [0.05, 0.1) is 25.9 Å². The first-order valence-electron chi connectivity index (χ1n) is 10.4. The average Bonchev–Trinajstić information content (AvgIpc) is 2.72. The number of benzene rings is 2. The molecule has 1 atom stereocenters. The Kier molecular flexibility index (Phi) is 7.13. The molecule has 2 aromatic rings. The van der Waals surface area contributed by atoms with Crippen LogP contribution in [0, 0.1) is 0 Å². The molecule has 1 saturated carbocycles. The highest BCUT2D eigenvalue weighted by Crippen LogP contribution is 2.40. The fourth-order valence-electron chi connectivity index (χ4n) is 4.12. The predicted octanol–water partition coefficient (Wildman–Crippen LogP) is 2.64. The van der Waals surface area contributed by atoms with Crippen molar-refractivity contribution in [3.63, 3.8) is 0 Å². The molecule has 0 spiro atoms. The maximum atomic E-state index is 11.3. The molecule has 1 aliphatic carbocycles. The van der Waals surface area contributed by atoms with Gasteiger partial charge in [-0.25, -0.2) is 4.79 Å². The van der Waals surface area contributed by atoms with Crippen LogP contribution in [0.3, 0.4) is 0 Å². The summed E-state index contributed by atoms with van der Waals surface area (Å²) in [6, 6.07) is 21.1. The van der Waals surface area contributed by atoms with Gasteiger partial charge in [0.2, 0.25) is 0 Å². The van der Waals surface area contributed by atoms with E-state index in [0.717, 1.165) is 12.8 Å². The van der Waals surface area contributed by atoms with E-state index in [9.17, 15) is 9.90 Å². The van der Waals surface area contributed by atoms with Crippen LogP contribution in [0.5, 0.6) is 0 Å². The molecule has 162 valence electrons. The summed E-state index contributed by atoms with van der Waals surface area (Å²) >= 11 is 0. The summed E-state index contributed by atoms with van der Waals surface area (Å²) in [5.74, 6) is -0.672. The largest absolute Gasteiger partial charge is 0.467 e. The Hall–Kier alpha value is -1.99. The molecule has 5 nitrogen and oxygen atoms in total. The van der Waals surface area contributed by atoms with Crippen LogP contribution in [0.2, 0.25) is 5.04 Å². The Morgan fingerprint density at radius 2 is 1.50 bits per heavy atom. The lowest BCUT2D eigenvalue weighted by Gasteiger charge is -2.48. The van der Waals surface area contributed by atoms with Crippen molar-refractivity contribution in [2.24, 2.45) is 0 Å². The molecule has 6 heteroatoms. The fourth-order valence-corrected chi connectivity index (χ4v) is 8.83. The number of carbonyl (C=O) groups is 1. The van der Waals surface area contributed by atoms with E-state index in [4.69, 9.17) is 9.16 Å². The fraction of sp³-hybridized carbons (Fsp3) is 0.458. The Balaban J connectivity index is 1.78. The Morgan fingerprint density at radius 3 is 1.93 bits per heavy atom. The molecule has 2 aromatic carbocycles. The number of aliphatic hydroxyl groups is 1. The zero-order valence-corrected chi connectivity index (χ0v) is 19.2. The quantitative estimate of drug-likeness (QED) is 0.517. The normalized spacial score (nSPS) is 20.3. The number of aliphatic hydroxyl groups excluding tert-OH is 1. The molecule has 3 rings (SSSR count). The highest BCUT2D eigenvalue weighted by atomic mass is 28.4. The monoisotopic (exact) mass is 428 g/mol. The molecular weight excluding hydrogens is 396 g/mol. The third-order valence-corrected chi connectivity index (χ3v) is 10.9. The van der Waals surface area contributed by atoms with Crippen molar-refractivity contribution in [2.45, 2.75) is 57.0 Å². The number of hydrogen-bond donors (Lipinski definition) is 1. The van der Waals surface area contributed by atoms with Gasteiger partial charge >= 0.3 is 5.97 Å². The van der Waals surface area contributed by atoms with Gasteiger partial charge in [-0.05, 0) is 28.3 Å². The minimum atomic E-state index is -2.56. The van der Waals surface area contributed by atoms with E-state index in [1.54, 1.807) is 0 Å². The first-order valence-corrected chi connectivity index (χ1v) is 12.3. The third kappa shape index (κ3) is 4.67. The van der Waals surface area contributed by atoms with E-state index in [2.05, 4.69) is 74.0 Å². The SMILES string of the molecule is COC(=O)[C@@H](O)COC1CC(O[Si](c2ccccc2)(c2ccccc2)C(C)(C)C)C1. The van der Waals surface area contributed by atoms with Crippen LogP contribution in [0.15, 0.2) is 60.7 Å².